The molecule has 4 N–H and O–H groups in total. The molecule has 4 rings (SSSR count). The van der Waals surface area contributed by atoms with E-state index in [1.807, 2.05) is 24.3 Å². The van der Waals surface area contributed by atoms with E-state index in [-0.39, 0.29) is 11.7 Å². The summed E-state index contributed by atoms with van der Waals surface area (Å²) in [6.45, 7) is 2.41. The zero-order valence-corrected chi connectivity index (χ0v) is 16.8. The van der Waals surface area contributed by atoms with Crippen LogP contribution < -0.4 is 16.0 Å². The number of carbonyl (C=O) groups is 1. The molecule has 0 spiro atoms. The van der Waals surface area contributed by atoms with Crippen molar-refractivity contribution < 1.29 is 9.18 Å². The number of hydrogen-bond donors (Lipinski definition) is 4. The van der Waals surface area contributed by atoms with Crippen molar-refractivity contribution in [2.24, 2.45) is 0 Å². The molecule has 0 atom stereocenters. The monoisotopic (exact) mass is 414 g/mol. The molecule has 5 nitrogen and oxygen atoms in total. The van der Waals surface area contributed by atoms with Crippen LogP contribution >= 0.6 is 11.6 Å². The molecular formula is C22H24ClFN4O. The standard InChI is InChI=1S/C22H24ClFN4O/c23-16-11-15-12-20(22(29)26-9-4-14-2-1-3-17(24)10-14)28-21(15)19(13-16)27-18-5-7-25-8-6-18/h1-3,10-13,18,25,27-28H,4-9H2,(H,26,29). The normalized spacial score (nSPS) is 14.8. The van der Waals surface area contributed by atoms with Crippen LogP contribution in [0.25, 0.3) is 10.9 Å². The van der Waals surface area contributed by atoms with E-state index < -0.39 is 0 Å². The lowest BCUT2D eigenvalue weighted by molar-refractivity contribution is 0.0950. The molecule has 1 aliphatic heterocycles. The average Bonchev–Trinajstić information content (AvgIpc) is 3.13. The first-order valence-corrected chi connectivity index (χ1v) is 10.3. The van der Waals surface area contributed by atoms with E-state index in [2.05, 4.69) is 20.9 Å². The second kappa shape index (κ2) is 8.84. The molecule has 1 aromatic heterocycles. The Hall–Kier alpha value is -2.57. The van der Waals surface area contributed by atoms with E-state index in [1.54, 1.807) is 6.07 Å². The largest absolute Gasteiger partial charge is 0.380 e. The Labute approximate surface area is 174 Å². The number of anilines is 1. The minimum Gasteiger partial charge on any atom is -0.380 e. The average molecular weight is 415 g/mol. The van der Waals surface area contributed by atoms with Gasteiger partial charge in [0, 0.05) is 23.0 Å². The maximum absolute atomic E-state index is 13.3. The van der Waals surface area contributed by atoms with E-state index in [0.717, 1.165) is 48.1 Å². The molecule has 1 saturated heterocycles. The summed E-state index contributed by atoms with van der Waals surface area (Å²) in [5.74, 6) is -0.461. The summed E-state index contributed by atoms with van der Waals surface area (Å²) in [7, 11) is 0. The van der Waals surface area contributed by atoms with E-state index >= 15 is 0 Å². The van der Waals surface area contributed by atoms with Crippen molar-refractivity contribution in [3.8, 4) is 0 Å². The Bertz CT molecular complexity index is 1010. The first-order valence-electron chi connectivity index (χ1n) is 9.90. The van der Waals surface area contributed by atoms with Crippen LogP contribution in [0.1, 0.15) is 28.9 Å². The summed E-state index contributed by atoms with van der Waals surface area (Å²) in [5.41, 5.74) is 3.12. The van der Waals surface area contributed by atoms with Crippen LogP contribution in [0.3, 0.4) is 0 Å². The topological polar surface area (TPSA) is 69.0 Å². The zero-order valence-electron chi connectivity index (χ0n) is 16.0. The van der Waals surface area contributed by atoms with Gasteiger partial charge in [-0.2, -0.15) is 0 Å². The first-order chi connectivity index (χ1) is 14.1. The minimum atomic E-state index is -0.268. The third kappa shape index (κ3) is 4.89. The van der Waals surface area contributed by atoms with Crippen LogP contribution in [0.15, 0.2) is 42.5 Å². The molecule has 1 aliphatic rings. The van der Waals surface area contributed by atoms with Gasteiger partial charge in [-0.1, -0.05) is 23.7 Å². The Balaban J connectivity index is 1.45. The molecule has 0 bridgehead atoms. The number of rotatable bonds is 6. The fraction of sp³-hybridized carbons (Fsp3) is 0.318. The highest BCUT2D eigenvalue weighted by atomic mass is 35.5. The number of aromatic amines is 1. The summed E-state index contributed by atoms with van der Waals surface area (Å²) >= 11 is 6.30. The Kier molecular flexibility index (Phi) is 6.02. The lowest BCUT2D eigenvalue weighted by Crippen LogP contribution is -2.35. The van der Waals surface area contributed by atoms with Gasteiger partial charge in [0.1, 0.15) is 11.5 Å². The summed E-state index contributed by atoms with van der Waals surface area (Å²) in [6, 6.07) is 12.3. The van der Waals surface area contributed by atoms with Gasteiger partial charge in [0.15, 0.2) is 0 Å². The van der Waals surface area contributed by atoms with Crippen molar-refractivity contribution in [1.82, 2.24) is 15.6 Å². The highest BCUT2D eigenvalue weighted by Gasteiger charge is 2.17. The molecule has 3 aromatic rings. The van der Waals surface area contributed by atoms with Gasteiger partial charge in [-0.15, -0.1) is 0 Å². The second-order valence-corrected chi connectivity index (χ2v) is 7.84. The highest BCUT2D eigenvalue weighted by Crippen LogP contribution is 2.29. The van der Waals surface area contributed by atoms with Crippen LogP contribution in [0.4, 0.5) is 10.1 Å². The van der Waals surface area contributed by atoms with Gasteiger partial charge < -0.3 is 20.9 Å². The Morgan fingerprint density at radius 2 is 2.00 bits per heavy atom. The third-order valence-electron chi connectivity index (χ3n) is 5.22. The lowest BCUT2D eigenvalue weighted by Gasteiger charge is -2.25. The van der Waals surface area contributed by atoms with Crippen LogP contribution in [0, 0.1) is 5.82 Å². The van der Waals surface area contributed by atoms with Gasteiger partial charge in [-0.05, 0) is 68.2 Å². The number of benzene rings is 2. The second-order valence-electron chi connectivity index (χ2n) is 7.41. The predicted octanol–water partition coefficient (Wildman–Crippen LogP) is 4.10. The number of hydrogen-bond acceptors (Lipinski definition) is 3. The van der Waals surface area contributed by atoms with Gasteiger partial charge in [0.25, 0.3) is 5.91 Å². The number of piperidine rings is 1. The predicted molar refractivity (Wildman–Crippen MR) is 115 cm³/mol. The van der Waals surface area contributed by atoms with E-state index in [0.29, 0.717) is 29.7 Å². The van der Waals surface area contributed by atoms with Crippen molar-refractivity contribution in [2.75, 3.05) is 25.0 Å². The summed E-state index contributed by atoms with van der Waals surface area (Å²) in [6.07, 6.45) is 2.66. The molecule has 152 valence electrons. The van der Waals surface area contributed by atoms with Crippen molar-refractivity contribution in [1.29, 1.82) is 0 Å². The maximum atomic E-state index is 13.3. The fourth-order valence-electron chi connectivity index (χ4n) is 3.74. The van der Waals surface area contributed by atoms with Crippen molar-refractivity contribution in [3.05, 3.63) is 64.6 Å². The van der Waals surface area contributed by atoms with Gasteiger partial charge in [0.2, 0.25) is 0 Å². The summed E-state index contributed by atoms with van der Waals surface area (Å²) < 4.78 is 13.3. The van der Waals surface area contributed by atoms with Crippen molar-refractivity contribution in [3.63, 3.8) is 0 Å². The lowest BCUT2D eigenvalue weighted by atomic mass is 10.1. The van der Waals surface area contributed by atoms with Gasteiger partial charge in [-0.25, -0.2) is 4.39 Å². The Morgan fingerprint density at radius 3 is 2.79 bits per heavy atom. The number of fused-ring (bicyclic) bond motifs is 1. The number of halogens is 2. The third-order valence-corrected chi connectivity index (χ3v) is 5.44. The van der Waals surface area contributed by atoms with Gasteiger partial charge in [-0.3, -0.25) is 4.79 Å². The van der Waals surface area contributed by atoms with Gasteiger partial charge >= 0.3 is 0 Å². The number of nitrogens with one attached hydrogen (secondary N) is 4. The number of amides is 1. The fourth-order valence-corrected chi connectivity index (χ4v) is 3.96. The molecule has 0 unspecified atom stereocenters. The van der Waals surface area contributed by atoms with Crippen LogP contribution in [-0.4, -0.2) is 36.6 Å². The molecular weight excluding hydrogens is 391 g/mol. The Morgan fingerprint density at radius 1 is 1.17 bits per heavy atom. The molecule has 7 heteroatoms. The SMILES string of the molecule is O=C(NCCc1cccc(F)c1)c1cc2cc(Cl)cc(NC3CCNCC3)c2[nH]1. The van der Waals surface area contributed by atoms with Crippen molar-refractivity contribution >= 4 is 34.1 Å². The van der Waals surface area contributed by atoms with E-state index in [9.17, 15) is 9.18 Å². The molecule has 1 fully saturated rings. The minimum absolute atomic E-state index is 0.193. The number of aromatic nitrogens is 1. The highest BCUT2D eigenvalue weighted by molar-refractivity contribution is 6.32. The maximum Gasteiger partial charge on any atom is 0.267 e. The smallest absolute Gasteiger partial charge is 0.267 e. The zero-order chi connectivity index (χ0) is 20.2. The van der Waals surface area contributed by atoms with Crippen LogP contribution in [0.5, 0.6) is 0 Å². The van der Waals surface area contributed by atoms with Gasteiger partial charge in [0.05, 0.1) is 11.2 Å². The molecule has 1 amide bonds. The van der Waals surface area contributed by atoms with Crippen LogP contribution in [0.2, 0.25) is 5.02 Å². The summed E-state index contributed by atoms with van der Waals surface area (Å²) in [4.78, 5) is 15.8. The van der Waals surface area contributed by atoms with Crippen LogP contribution in [-0.2, 0) is 6.42 Å². The quantitative estimate of drug-likeness (QED) is 0.491. The van der Waals surface area contributed by atoms with E-state index in [1.165, 1.54) is 12.1 Å². The molecule has 2 heterocycles. The summed E-state index contributed by atoms with van der Waals surface area (Å²) in [5, 5.41) is 11.3. The number of carbonyl (C=O) groups excluding carboxylic acids is 1. The molecule has 2 aromatic carbocycles. The first kappa shape index (κ1) is 19.7. The molecule has 0 radical (unpaired) electrons. The molecule has 0 aliphatic carbocycles. The van der Waals surface area contributed by atoms with E-state index in [4.69, 9.17) is 11.6 Å². The molecule has 29 heavy (non-hydrogen) atoms. The van der Waals surface area contributed by atoms with Crippen molar-refractivity contribution in [2.45, 2.75) is 25.3 Å². The molecule has 0 saturated carbocycles. The number of H-pyrrole nitrogens is 1.